The van der Waals surface area contributed by atoms with E-state index < -0.39 is 5.91 Å². The highest BCUT2D eigenvalue weighted by Crippen LogP contribution is 2.38. The minimum atomic E-state index is -0.481. The number of thiocarbonyl (C=S) groups is 1. The Morgan fingerprint density at radius 2 is 1.95 bits per heavy atom. The number of nitrogens with two attached hydrogens (primary N) is 1. The van der Waals surface area contributed by atoms with Crippen molar-refractivity contribution in [2.24, 2.45) is 5.73 Å². The molecule has 0 radical (unpaired) electrons. The number of nitrogens with one attached hydrogen (secondary N) is 1. The van der Waals surface area contributed by atoms with Gasteiger partial charge in [0.05, 0.1) is 10.5 Å². The van der Waals surface area contributed by atoms with Crippen molar-refractivity contribution in [3.05, 3.63) is 44.7 Å². The van der Waals surface area contributed by atoms with Crippen molar-refractivity contribution < 1.29 is 23.9 Å². The molecule has 3 heterocycles. The molecule has 3 amide bonds. The number of carbonyl (C=O) groups is 3. The maximum Gasteiger partial charge on any atom is 0.266 e. The van der Waals surface area contributed by atoms with E-state index in [1.54, 1.807) is 4.90 Å². The first-order valence-electron chi connectivity index (χ1n) is 12.3. The summed E-state index contributed by atoms with van der Waals surface area (Å²) >= 11 is 8.20. The van der Waals surface area contributed by atoms with Gasteiger partial charge < -0.3 is 20.5 Å². The normalized spacial score (nSPS) is 17.4. The highest BCUT2D eigenvalue weighted by molar-refractivity contribution is 8.26. The van der Waals surface area contributed by atoms with Crippen molar-refractivity contribution in [3.8, 4) is 11.5 Å². The van der Waals surface area contributed by atoms with Crippen LogP contribution in [-0.4, -0.2) is 40.3 Å². The third-order valence-corrected chi connectivity index (χ3v) is 9.11. The first kappa shape index (κ1) is 25.7. The molecule has 0 atom stereocenters. The van der Waals surface area contributed by atoms with E-state index in [0.717, 1.165) is 54.5 Å². The number of hydrogen-bond acceptors (Lipinski definition) is 8. The molecule has 0 bridgehead atoms. The topological polar surface area (TPSA) is 111 Å². The molecule has 1 fully saturated rings. The van der Waals surface area contributed by atoms with Crippen LogP contribution in [0.15, 0.2) is 23.1 Å². The Bertz CT molecular complexity index is 1300. The number of primary amides is 1. The lowest BCUT2D eigenvalue weighted by Crippen LogP contribution is -2.29. The summed E-state index contributed by atoms with van der Waals surface area (Å²) in [6.07, 6.45) is 8.22. The van der Waals surface area contributed by atoms with E-state index in [0.29, 0.717) is 50.7 Å². The van der Waals surface area contributed by atoms with E-state index in [1.807, 2.05) is 24.3 Å². The van der Waals surface area contributed by atoms with Gasteiger partial charge in [-0.2, -0.15) is 0 Å². The quantitative estimate of drug-likeness (QED) is 0.257. The van der Waals surface area contributed by atoms with E-state index in [2.05, 4.69) is 5.32 Å². The van der Waals surface area contributed by atoms with Crippen LogP contribution in [0.1, 0.15) is 64.9 Å². The van der Waals surface area contributed by atoms with Gasteiger partial charge in [-0.1, -0.05) is 36.5 Å². The van der Waals surface area contributed by atoms with Crippen molar-refractivity contribution in [2.45, 2.75) is 51.4 Å². The van der Waals surface area contributed by atoms with Gasteiger partial charge in [-0.05, 0) is 67.9 Å². The molecule has 0 spiro atoms. The van der Waals surface area contributed by atoms with E-state index >= 15 is 0 Å². The molecule has 1 saturated heterocycles. The van der Waals surface area contributed by atoms with Gasteiger partial charge in [0, 0.05) is 17.8 Å². The van der Waals surface area contributed by atoms with Crippen LogP contribution in [-0.2, 0) is 22.4 Å². The zero-order chi connectivity index (χ0) is 25.9. The SMILES string of the molecule is NC(=O)c1c(NC(=O)CCCCCN2C(=O)/C(=C/c3ccc4c(c3)OCO4)SC2=S)sc2c1CCCC2. The fourth-order valence-corrected chi connectivity index (χ4v) is 7.30. The number of amides is 3. The van der Waals surface area contributed by atoms with Gasteiger partial charge >= 0.3 is 0 Å². The molecule has 0 unspecified atom stereocenters. The van der Waals surface area contributed by atoms with Crippen LogP contribution >= 0.6 is 35.3 Å². The number of aryl methyl sites for hydroxylation is 1. The molecule has 194 valence electrons. The van der Waals surface area contributed by atoms with Gasteiger partial charge in [-0.3, -0.25) is 19.3 Å². The number of hydrogen-bond donors (Lipinski definition) is 2. The second kappa shape index (κ2) is 11.2. The Kier molecular flexibility index (Phi) is 7.82. The van der Waals surface area contributed by atoms with Crippen LogP contribution in [0.2, 0.25) is 0 Å². The Morgan fingerprint density at radius 1 is 1.14 bits per heavy atom. The first-order valence-corrected chi connectivity index (χ1v) is 14.3. The van der Waals surface area contributed by atoms with Gasteiger partial charge in [-0.15, -0.1) is 11.3 Å². The van der Waals surface area contributed by atoms with E-state index in [1.165, 1.54) is 23.1 Å². The molecule has 1 aliphatic carbocycles. The van der Waals surface area contributed by atoms with E-state index in [4.69, 9.17) is 27.4 Å². The number of unbranched alkanes of at least 4 members (excludes halogenated alkanes) is 2. The Balaban J connectivity index is 1.09. The fourth-order valence-electron chi connectivity index (χ4n) is 4.68. The van der Waals surface area contributed by atoms with Crippen molar-refractivity contribution in [1.82, 2.24) is 4.90 Å². The lowest BCUT2D eigenvalue weighted by molar-refractivity contribution is -0.122. The summed E-state index contributed by atoms with van der Waals surface area (Å²) in [6.45, 7) is 0.709. The van der Waals surface area contributed by atoms with Crippen molar-refractivity contribution in [2.75, 3.05) is 18.7 Å². The number of rotatable bonds is 9. The molecular formula is C26H27N3O5S3. The van der Waals surface area contributed by atoms with Crippen molar-refractivity contribution in [1.29, 1.82) is 0 Å². The van der Waals surface area contributed by atoms with E-state index in [-0.39, 0.29) is 18.6 Å². The number of nitrogens with zero attached hydrogens (tertiary/aromatic N) is 1. The molecule has 2 aromatic rings. The number of thioether (sulfide) groups is 1. The predicted octanol–water partition coefficient (Wildman–Crippen LogP) is 4.85. The van der Waals surface area contributed by atoms with Crippen LogP contribution in [0.5, 0.6) is 11.5 Å². The molecule has 8 nitrogen and oxygen atoms in total. The Hall–Kier alpha value is -2.89. The van der Waals surface area contributed by atoms with Gasteiger partial charge in [0.1, 0.15) is 9.32 Å². The summed E-state index contributed by atoms with van der Waals surface area (Å²) in [5.74, 6) is 0.647. The summed E-state index contributed by atoms with van der Waals surface area (Å²) in [5, 5.41) is 3.49. The molecule has 1 aromatic carbocycles. The number of thiophene rings is 1. The number of benzene rings is 1. The number of fused-ring (bicyclic) bond motifs is 2. The second-order valence-electron chi connectivity index (χ2n) is 9.08. The van der Waals surface area contributed by atoms with Crippen molar-refractivity contribution in [3.63, 3.8) is 0 Å². The molecule has 37 heavy (non-hydrogen) atoms. The fraction of sp³-hybridized carbons (Fsp3) is 0.385. The second-order valence-corrected chi connectivity index (χ2v) is 11.9. The lowest BCUT2D eigenvalue weighted by Gasteiger charge is -2.14. The van der Waals surface area contributed by atoms with Crippen LogP contribution in [0.3, 0.4) is 0 Å². The third-order valence-electron chi connectivity index (χ3n) is 6.52. The third kappa shape index (κ3) is 5.68. The standard InChI is InChI=1S/C26H27N3O5S3/c27-23(31)22-16-6-3-4-7-19(16)36-24(22)28-21(30)8-2-1-5-11-29-25(32)20(37-26(29)35)13-15-9-10-17-18(12-15)34-14-33-17/h9-10,12-13H,1-8,11,14H2,(H2,27,31)(H,28,30)/b20-13-. The zero-order valence-electron chi connectivity index (χ0n) is 20.2. The average Bonchev–Trinajstić information content (AvgIpc) is 3.55. The van der Waals surface area contributed by atoms with E-state index in [9.17, 15) is 14.4 Å². The van der Waals surface area contributed by atoms with Crippen LogP contribution < -0.4 is 20.5 Å². The molecular weight excluding hydrogens is 531 g/mol. The number of ether oxygens (including phenoxy) is 2. The number of carbonyl (C=O) groups excluding carboxylic acids is 3. The summed E-state index contributed by atoms with van der Waals surface area (Å²) < 4.78 is 11.3. The molecule has 3 aliphatic rings. The van der Waals surface area contributed by atoms with Gasteiger partial charge in [0.25, 0.3) is 11.8 Å². The summed E-state index contributed by atoms with van der Waals surface area (Å²) in [5.41, 5.74) is 7.95. The molecule has 5 rings (SSSR count). The predicted molar refractivity (Wildman–Crippen MR) is 149 cm³/mol. The zero-order valence-corrected chi connectivity index (χ0v) is 22.6. The molecule has 0 saturated carbocycles. The highest BCUT2D eigenvalue weighted by atomic mass is 32.2. The molecule has 11 heteroatoms. The molecule has 1 aromatic heterocycles. The Labute approximate surface area is 228 Å². The Morgan fingerprint density at radius 3 is 2.78 bits per heavy atom. The molecule has 3 N–H and O–H groups in total. The number of anilines is 1. The lowest BCUT2D eigenvalue weighted by atomic mass is 9.95. The van der Waals surface area contributed by atoms with Gasteiger partial charge in [-0.25, -0.2) is 0 Å². The first-order chi connectivity index (χ1) is 17.9. The van der Waals surface area contributed by atoms with Crippen LogP contribution in [0, 0.1) is 0 Å². The van der Waals surface area contributed by atoms with Crippen LogP contribution in [0.25, 0.3) is 6.08 Å². The van der Waals surface area contributed by atoms with Crippen molar-refractivity contribution >= 4 is 68.4 Å². The summed E-state index contributed by atoms with van der Waals surface area (Å²) in [7, 11) is 0. The minimum absolute atomic E-state index is 0.106. The maximum atomic E-state index is 12.9. The highest BCUT2D eigenvalue weighted by Gasteiger charge is 2.31. The molecule has 2 aliphatic heterocycles. The van der Waals surface area contributed by atoms with Gasteiger partial charge in [0.15, 0.2) is 11.5 Å². The minimum Gasteiger partial charge on any atom is -0.454 e. The smallest absolute Gasteiger partial charge is 0.266 e. The summed E-state index contributed by atoms with van der Waals surface area (Å²) in [6, 6.07) is 5.55. The monoisotopic (exact) mass is 557 g/mol. The largest absolute Gasteiger partial charge is 0.454 e. The average molecular weight is 558 g/mol. The van der Waals surface area contributed by atoms with Gasteiger partial charge in [0.2, 0.25) is 12.7 Å². The van der Waals surface area contributed by atoms with Crippen LogP contribution in [0.4, 0.5) is 5.00 Å². The maximum absolute atomic E-state index is 12.9. The summed E-state index contributed by atoms with van der Waals surface area (Å²) in [4.78, 5) is 40.8.